The molecule has 1 atom stereocenters. The Labute approximate surface area is 120 Å². The molecule has 1 aromatic rings. The summed E-state index contributed by atoms with van der Waals surface area (Å²) in [6, 6.07) is 5.82. The molecule has 0 radical (unpaired) electrons. The highest BCUT2D eigenvalue weighted by Crippen LogP contribution is 2.23. The smallest absolute Gasteiger partial charge is 0.422 e. The third kappa shape index (κ3) is 4.35. The molecule has 116 valence electrons. The third-order valence-corrected chi connectivity index (χ3v) is 3.38. The number of anilines is 1. The lowest BCUT2D eigenvalue weighted by atomic mass is 9.99. The van der Waals surface area contributed by atoms with Crippen molar-refractivity contribution in [3.63, 3.8) is 0 Å². The molecule has 4 nitrogen and oxygen atoms in total. The van der Waals surface area contributed by atoms with Gasteiger partial charge in [-0.3, -0.25) is 4.79 Å². The van der Waals surface area contributed by atoms with Gasteiger partial charge in [-0.1, -0.05) is 0 Å². The predicted octanol–water partition coefficient (Wildman–Crippen LogP) is 2.71. The van der Waals surface area contributed by atoms with Crippen LogP contribution in [-0.4, -0.2) is 30.8 Å². The molecule has 1 aliphatic rings. The van der Waals surface area contributed by atoms with E-state index in [4.69, 9.17) is 0 Å². The van der Waals surface area contributed by atoms with E-state index in [-0.39, 0.29) is 11.7 Å². The number of halogens is 3. The van der Waals surface area contributed by atoms with Gasteiger partial charge < -0.3 is 15.4 Å². The maximum atomic E-state index is 12.1. The third-order valence-electron chi connectivity index (χ3n) is 3.38. The predicted molar refractivity (Wildman–Crippen MR) is 72.3 cm³/mol. The zero-order chi connectivity index (χ0) is 15.5. The molecular formula is C14H17F3N2O2. The highest BCUT2D eigenvalue weighted by atomic mass is 19.4. The Kier molecular flexibility index (Phi) is 4.41. The number of nitrogens with one attached hydrogen (secondary N) is 2. The average molecular weight is 302 g/mol. The number of carbonyl (C=O) groups excluding carboxylic acids is 1. The second kappa shape index (κ2) is 5.93. The molecule has 1 fully saturated rings. The summed E-state index contributed by atoms with van der Waals surface area (Å²) in [4.78, 5) is 12.1. The first-order valence-corrected chi connectivity index (χ1v) is 6.65. The second-order valence-electron chi connectivity index (χ2n) is 5.24. The molecule has 1 aliphatic heterocycles. The molecule has 1 saturated heterocycles. The fourth-order valence-electron chi connectivity index (χ4n) is 2.16. The van der Waals surface area contributed by atoms with Crippen LogP contribution in [0.2, 0.25) is 0 Å². The number of carbonyl (C=O) groups is 1. The average Bonchev–Trinajstić information content (AvgIpc) is 2.85. The van der Waals surface area contributed by atoms with Gasteiger partial charge in [-0.05, 0) is 50.6 Å². The fraction of sp³-hybridized carbons (Fsp3) is 0.500. The summed E-state index contributed by atoms with van der Waals surface area (Å²) in [6.45, 7) is 1.30. The van der Waals surface area contributed by atoms with Gasteiger partial charge >= 0.3 is 6.18 Å². The van der Waals surface area contributed by atoms with Gasteiger partial charge in [0, 0.05) is 5.69 Å². The lowest BCUT2D eigenvalue weighted by Gasteiger charge is -2.23. The van der Waals surface area contributed by atoms with E-state index < -0.39 is 18.3 Å². The normalized spacial score (nSPS) is 22.1. The molecule has 1 aromatic carbocycles. The molecule has 0 bridgehead atoms. The van der Waals surface area contributed by atoms with Crippen LogP contribution in [0.25, 0.3) is 0 Å². The number of rotatable bonds is 4. The summed E-state index contributed by atoms with van der Waals surface area (Å²) in [7, 11) is 0. The zero-order valence-corrected chi connectivity index (χ0v) is 11.6. The topological polar surface area (TPSA) is 50.4 Å². The van der Waals surface area contributed by atoms with Gasteiger partial charge in [0.1, 0.15) is 5.75 Å². The van der Waals surface area contributed by atoms with E-state index in [0.717, 1.165) is 19.4 Å². The van der Waals surface area contributed by atoms with E-state index >= 15 is 0 Å². The number of hydrogen-bond donors (Lipinski definition) is 2. The highest BCUT2D eigenvalue weighted by molar-refractivity contribution is 5.98. The van der Waals surface area contributed by atoms with Gasteiger partial charge in [0.2, 0.25) is 5.91 Å². The van der Waals surface area contributed by atoms with E-state index in [1.165, 1.54) is 24.3 Å². The van der Waals surface area contributed by atoms with Crippen molar-refractivity contribution >= 4 is 11.6 Å². The van der Waals surface area contributed by atoms with Crippen LogP contribution in [0, 0.1) is 0 Å². The minimum Gasteiger partial charge on any atom is -0.484 e. The van der Waals surface area contributed by atoms with Gasteiger partial charge in [0.15, 0.2) is 6.61 Å². The Morgan fingerprint density at radius 2 is 2.05 bits per heavy atom. The number of benzene rings is 1. The van der Waals surface area contributed by atoms with Crippen molar-refractivity contribution < 1.29 is 22.7 Å². The van der Waals surface area contributed by atoms with E-state index in [0.29, 0.717) is 5.69 Å². The molecule has 2 rings (SSSR count). The van der Waals surface area contributed by atoms with Crippen LogP contribution in [0.3, 0.4) is 0 Å². The van der Waals surface area contributed by atoms with Crippen LogP contribution in [0.15, 0.2) is 24.3 Å². The molecule has 1 heterocycles. The van der Waals surface area contributed by atoms with Crippen molar-refractivity contribution in [1.29, 1.82) is 0 Å². The quantitative estimate of drug-likeness (QED) is 0.899. The minimum absolute atomic E-state index is 0.107. The van der Waals surface area contributed by atoms with Crippen LogP contribution >= 0.6 is 0 Å². The van der Waals surface area contributed by atoms with Gasteiger partial charge in [0.25, 0.3) is 0 Å². The van der Waals surface area contributed by atoms with Gasteiger partial charge in [0.05, 0.1) is 5.54 Å². The number of ether oxygens (including phenoxy) is 1. The van der Waals surface area contributed by atoms with E-state index in [2.05, 4.69) is 15.4 Å². The number of amides is 1. The summed E-state index contributed by atoms with van der Waals surface area (Å²) in [6.07, 6.45) is -2.67. The van der Waals surface area contributed by atoms with E-state index in [1.807, 2.05) is 6.92 Å². The Bertz CT molecular complexity index is 494. The van der Waals surface area contributed by atoms with Crippen LogP contribution in [-0.2, 0) is 4.79 Å². The van der Waals surface area contributed by atoms with Crippen molar-refractivity contribution in [2.75, 3.05) is 18.5 Å². The zero-order valence-electron chi connectivity index (χ0n) is 11.6. The molecule has 0 spiro atoms. The van der Waals surface area contributed by atoms with E-state index in [1.54, 1.807) is 0 Å². The SMILES string of the molecule is CC1(C(=O)Nc2ccc(OCC(F)(F)F)cc2)CCCN1. The lowest BCUT2D eigenvalue weighted by Crippen LogP contribution is -2.47. The maximum Gasteiger partial charge on any atom is 0.422 e. The van der Waals surface area contributed by atoms with Crippen LogP contribution in [0.4, 0.5) is 18.9 Å². The highest BCUT2D eigenvalue weighted by Gasteiger charge is 2.35. The lowest BCUT2D eigenvalue weighted by molar-refractivity contribution is -0.153. The summed E-state index contributed by atoms with van der Waals surface area (Å²) < 4.78 is 40.7. The first-order chi connectivity index (χ1) is 9.78. The number of hydrogen-bond acceptors (Lipinski definition) is 3. The Balaban J connectivity index is 1.92. The second-order valence-corrected chi connectivity index (χ2v) is 5.24. The standard InChI is InChI=1S/C14H17F3N2O2/c1-13(7-2-8-18-13)12(20)19-10-3-5-11(6-4-10)21-9-14(15,16)17/h3-6,18H,2,7-9H2,1H3,(H,19,20). The molecule has 21 heavy (non-hydrogen) atoms. The minimum atomic E-state index is -4.37. The Morgan fingerprint density at radius 3 is 2.57 bits per heavy atom. The van der Waals surface area contributed by atoms with Gasteiger partial charge in [-0.25, -0.2) is 0 Å². The molecule has 7 heteroatoms. The van der Waals surface area contributed by atoms with Crippen LogP contribution in [0.1, 0.15) is 19.8 Å². The van der Waals surface area contributed by atoms with Crippen molar-refractivity contribution in [2.24, 2.45) is 0 Å². The molecule has 0 saturated carbocycles. The summed E-state index contributed by atoms with van der Waals surface area (Å²) in [5.74, 6) is -0.0421. The Morgan fingerprint density at radius 1 is 1.38 bits per heavy atom. The number of alkyl halides is 3. The summed E-state index contributed by atoms with van der Waals surface area (Å²) >= 11 is 0. The van der Waals surface area contributed by atoms with Gasteiger partial charge in [-0.15, -0.1) is 0 Å². The first kappa shape index (κ1) is 15.6. The fourth-order valence-corrected chi connectivity index (χ4v) is 2.16. The molecule has 0 aliphatic carbocycles. The van der Waals surface area contributed by atoms with Crippen molar-refractivity contribution in [1.82, 2.24) is 5.32 Å². The summed E-state index contributed by atoms with van der Waals surface area (Å²) in [5, 5.41) is 5.88. The Hall–Kier alpha value is -1.76. The van der Waals surface area contributed by atoms with Crippen LogP contribution in [0.5, 0.6) is 5.75 Å². The monoisotopic (exact) mass is 302 g/mol. The molecule has 0 aromatic heterocycles. The first-order valence-electron chi connectivity index (χ1n) is 6.65. The molecule has 2 N–H and O–H groups in total. The summed E-state index contributed by atoms with van der Waals surface area (Å²) in [5.41, 5.74) is -0.0693. The largest absolute Gasteiger partial charge is 0.484 e. The van der Waals surface area contributed by atoms with Gasteiger partial charge in [-0.2, -0.15) is 13.2 Å². The van der Waals surface area contributed by atoms with Crippen LogP contribution < -0.4 is 15.4 Å². The van der Waals surface area contributed by atoms with Crippen molar-refractivity contribution in [2.45, 2.75) is 31.5 Å². The molecule has 1 amide bonds. The molecule has 1 unspecified atom stereocenters. The maximum absolute atomic E-state index is 12.1. The van der Waals surface area contributed by atoms with E-state index in [9.17, 15) is 18.0 Å². The van der Waals surface area contributed by atoms with Crippen molar-refractivity contribution in [3.05, 3.63) is 24.3 Å². The molecular weight excluding hydrogens is 285 g/mol. The van der Waals surface area contributed by atoms with Crippen molar-refractivity contribution in [3.8, 4) is 5.75 Å².